The molecular weight excluding hydrogens is 720 g/mol. The van der Waals surface area contributed by atoms with Crippen LogP contribution in [0.25, 0.3) is 10.3 Å². The van der Waals surface area contributed by atoms with Gasteiger partial charge < -0.3 is 19.3 Å². The van der Waals surface area contributed by atoms with E-state index in [0.29, 0.717) is 34.0 Å². The van der Waals surface area contributed by atoms with Crippen molar-refractivity contribution in [2.75, 3.05) is 31.0 Å². The summed E-state index contributed by atoms with van der Waals surface area (Å²) < 4.78 is 70.6. The summed E-state index contributed by atoms with van der Waals surface area (Å²) >= 11 is 1.37. The van der Waals surface area contributed by atoms with Crippen molar-refractivity contribution in [2.45, 2.75) is 38.3 Å². The van der Waals surface area contributed by atoms with Crippen LogP contribution >= 0.6 is 11.3 Å². The molecule has 210 valence electrons. The van der Waals surface area contributed by atoms with E-state index in [1.54, 1.807) is 12.1 Å². The average molecular weight is 748 g/mol. The Balaban J connectivity index is 0.00000420. The maximum atomic E-state index is 14.1. The second kappa shape index (κ2) is 13.2. The van der Waals surface area contributed by atoms with Crippen molar-refractivity contribution >= 4 is 48.8 Å². The van der Waals surface area contributed by atoms with Crippen LogP contribution in [0.1, 0.15) is 41.1 Å². The first kappa shape index (κ1) is 31.6. The fourth-order valence-corrected chi connectivity index (χ4v) is 6.90. The number of ether oxygens (including phenoxy) is 1. The Labute approximate surface area is 248 Å². The zero-order valence-corrected chi connectivity index (χ0v) is 26.8. The largest absolute Gasteiger partial charge is 0.457 e. The first-order chi connectivity index (χ1) is 18.0. The number of fused-ring (bicyclic) bond motifs is 1. The molecule has 1 aromatic carbocycles. The number of amides is 1. The van der Waals surface area contributed by atoms with Crippen molar-refractivity contribution in [1.29, 1.82) is 0 Å². The number of aromatic nitrogens is 2. The second-order valence-electron chi connectivity index (χ2n) is 9.16. The minimum absolute atomic E-state index is 0. The Morgan fingerprint density at radius 3 is 2.44 bits per heavy atom. The third-order valence-corrected chi connectivity index (χ3v) is 9.26. The van der Waals surface area contributed by atoms with E-state index in [4.69, 9.17) is 4.74 Å². The van der Waals surface area contributed by atoms with Crippen LogP contribution in [-0.4, -0.2) is 61.3 Å². The third-order valence-electron chi connectivity index (χ3n) is 6.66. The van der Waals surface area contributed by atoms with Crippen molar-refractivity contribution in [3.05, 3.63) is 53.3 Å². The van der Waals surface area contributed by atoms with Crippen molar-refractivity contribution in [2.24, 2.45) is 5.92 Å². The number of benzene rings is 1. The molecule has 1 aliphatic rings. The van der Waals surface area contributed by atoms with Gasteiger partial charge in [-0.1, -0.05) is 23.5 Å². The quantitative estimate of drug-likeness (QED) is 0.239. The average Bonchev–Trinajstić information content (AvgIpc) is 3.26. The molecule has 1 N–H and O–H groups in total. The molecule has 8 nitrogen and oxygen atoms in total. The number of nitrogens with one attached hydrogen (secondary N) is 1. The number of alkyl halides is 2. The van der Waals surface area contributed by atoms with Crippen LogP contribution in [0.3, 0.4) is 0 Å². The number of thiazole rings is 1. The van der Waals surface area contributed by atoms with Crippen LogP contribution < -0.4 is 5.32 Å². The van der Waals surface area contributed by atoms with Crippen molar-refractivity contribution < 1.29 is 57.0 Å². The van der Waals surface area contributed by atoms with Crippen molar-refractivity contribution in [1.82, 2.24) is 14.9 Å². The van der Waals surface area contributed by atoms with Crippen LogP contribution in [-0.2, 0) is 45.2 Å². The number of carbonyl (C=O) groups is 1. The molecule has 1 saturated heterocycles. The summed E-state index contributed by atoms with van der Waals surface area (Å²) in [6.07, 6.45) is -2.06. The van der Waals surface area contributed by atoms with Gasteiger partial charge in [0.1, 0.15) is 26.2 Å². The molecule has 14 heteroatoms. The maximum Gasteiger partial charge on any atom is 0.262 e. The van der Waals surface area contributed by atoms with E-state index in [9.17, 15) is 26.4 Å². The van der Waals surface area contributed by atoms with E-state index in [2.05, 4.69) is 15.3 Å². The molecule has 3 heterocycles. The number of pyridine rings is 1. The number of hydrogen-bond donors (Lipinski definition) is 1. The fraction of sp³-hybridized carbons (Fsp3) is 0.440. The van der Waals surface area contributed by atoms with Gasteiger partial charge in [0.25, 0.3) is 6.43 Å². The third kappa shape index (κ3) is 7.06. The van der Waals surface area contributed by atoms with Crippen LogP contribution in [0.4, 0.5) is 24.5 Å². The summed E-state index contributed by atoms with van der Waals surface area (Å²) in [4.78, 5) is 23.4. The zero-order valence-electron chi connectivity index (χ0n) is 21.5. The Bertz CT molecular complexity index is 1390. The number of anilines is 2. The monoisotopic (exact) mass is 749 g/mol. The van der Waals surface area contributed by atoms with Gasteiger partial charge in [0, 0.05) is 57.2 Å². The molecule has 39 heavy (non-hydrogen) atoms. The Kier molecular flexibility index (Phi) is 10.7. The molecular formula is C25H28F3HfN4O4S2-. The molecule has 4 rings (SSSR count). The van der Waals surface area contributed by atoms with Gasteiger partial charge in [-0.3, -0.25) is 4.79 Å². The van der Waals surface area contributed by atoms with Crippen molar-refractivity contribution in [3.8, 4) is 0 Å². The summed E-state index contributed by atoms with van der Waals surface area (Å²) in [5, 5.41) is 3.90. The molecule has 1 fully saturated rings. The normalized spacial score (nSPS) is 17.0. The van der Waals surface area contributed by atoms with Crippen LogP contribution in [0.5, 0.6) is 0 Å². The van der Waals surface area contributed by atoms with Gasteiger partial charge in [0.2, 0.25) is 5.91 Å². The molecule has 0 aliphatic carbocycles. The van der Waals surface area contributed by atoms with Crippen LogP contribution in [0, 0.1) is 19.5 Å². The van der Waals surface area contributed by atoms with E-state index in [1.165, 1.54) is 43.8 Å². The number of halogens is 3. The molecule has 1 amide bonds. The van der Waals surface area contributed by atoms with Gasteiger partial charge >= 0.3 is 0 Å². The molecule has 0 radical (unpaired) electrons. The number of methoxy groups -OCH3 is 1. The summed E-state index contributed by atoms with van der Waals surface area (Å²) in [6.45, 7) is 2.24. The molecule has 0 spiro atoms. The zero-order chi connectivity index (χ0) is 27.6. The van der Waals surface area contributed by atoms with E-state index >= 15 is 0 Å². The van der Waals surface area contributed by atoms with E-state index in [-0.39, 0.29) is 55.8 Å². The fourth-order valence-electron chi connectivity index (χ4n) is 4.64. The predicted molar refractivity (Wildman–Crippen MR) is 140 cm³/mol. The topological polar surface area (TPSA) is 101 Å². The molecule has 2 atom stereocenters. The Hall–Kier alpha value is -1.90. The molecule has 2 aromatic heterocycles. The number of nitrogens with zero attached hydrogens (tertiary/aromatic N) is 3. The SMILES string of the molecule is CO[C@@H]([CH-]F)c1c(Nc2ccc([C@@H](C(F)F)N(C)C(=O)C3CCS(=O)(=O)CC3)cc2)cnc2sc(C)nc12.[Hf]. The summed E-state index contributed by atoms with van der Waals surface area (Å²) in [6, 6.07) is 4.64. The minimum Gasteiger partial charge on any atom is -0.457 e. The summed E-state index contributed by atoms with van der Waals surface area (Å²) in [5.74, 6) is -1.35. The Morgan fingerprint density at radius 1 is 1.23 bits per heavy atom. The van der Waals surface area contributed by atoms with Gasteiger partial charge in [-0.2, -0.15) is 0 Å². The van der Waals surface area contributed by atoms with Gasteiger partial charge in [-0.25, -0.2) is 27.2 Å². The second-order valence-corrected chi connectivity index (χ2v) is 12.6. The number of rotatable bonds is 9. The van der Waals surface area contributed by atoms with E-state index in [1.807, 2.05) is 6.92 Å². The van der Waals surface area contributed by atoms with E-state index in [0.717, 1.165) is 9.91 Å². The summed E-state index contributed by atoms with van der Waals surface area (Å²) in [7, 11) is -0.492. The van der Waals surface area contributed by atoms with Crippen LogP contribution in [0.15, 0.2) is 30.5 Å². The molecule has 0 unspecified atom stereocenters. The number of carbonyl (C=O) groups excluding carboxylic acids is 1. The number of aryl methyl sites for hydroxylation is 1. The predicted octanol–water partition coefficient (Wildman–Crippen LogP) is 5.15. The Morgan fingerprint density at radius 2 is 1.87 bits per heavy atom. The van der Waals surface area contributed by atoms with Gasteiger partial charge in [0.05, 0.1) is 28.4 Å². The maximum absolute atomic E-state index is 14.1. The van der Waals surface area contributed by atoms with Gasteiger partial charge in [-0.05, 0) is 43.6 Å². The number of sulfone groups is 1. The van der Waals surface area contributed by atoms with Gasteiger partial charge in [-0.15, -0.1) is 6.67 Å². The molecule has 0 saturated carbocycles. The minimum atomic E-state index is -3.18. The first-order valence-corrected chi connectivity index (χ1v) is 14.5. The molecule has 1 aliphatic heterocycles. The smallest absolute Gasteiger partial charge is 0.262 e. The van der Waals surface area contributed by atoms with Gasteiger partial charge in [0.15, 0.2) is 0 Å². The molecule has 3 aromatic rings. The summed E-state index contributed by atoms with van der Waals surface area (Å²) in [5.41, 5.74) is 2.15. The number of hydrogen-bond acceptors (Lipinski definition) is 8. The standard InChI is InChI=1S/C25H28F3N4O4S2.Hf/c1-14-30-21-20(19(12-26)36-3)18(13-29-24(21)37-14)31-17-6-4-15(5-7-17)22(23(27)28)32(2)25(33)16-8-10-38(34,35)11-9-16;/h4-7,12-13,16,19,22-23,31H,8-11H2,1-3H3;/q-1;/t19-,22-;/m0./s1. The van der Waals surface area contributed by atoms with Crippen LogP contribution in [0.2, 0.25) is 0 Å². The first-order valence-electron chi connectivity index (χ1n) is 11.9. The van der Waals surface area contributed by atoms with E-state index < -0.39 is 40.2 Å². The van der Waals surface area contributed by atoms with Crippen molar-refractivity contribution in [3.63, 3.8) is 0 Å². The molecule has 0 bridgehead atoms.